The molecule has 2 aliphatic carbocycles. The molecule has 0 radical (unpaired) electrons. The van der Waals surface area contributed by atoms with Crippen molar-refractivity contribution in [2.45, 2.75) is 98.9 Å². The smallest absolute Gasteiger partial charge is 0.333 e. The fourth-order valence-electron chi connectivity index (χ4n) is 5.87. The fraction of sp³-hybridized carbons (Fsp3) is 0.724. The number of hydrogen-bond donors (Lipinski definition) is 0. The fourth-order valence-corrected chi connectivity index (χ4v) is 5.87. The van der Waals surface area contributed by atoms with Crippen LogP contribution in [0.4, 0.5) is 0 Å². The molecule has 0 spiro atoms. The molecule has 1 aliphatic heterocycles. The second-order valence-electron chi connectivity index (χ2n) is 11.0. The Morgan fingerprint density at radius 3 is 2.59 bits per heavy atom. The minimum Gasteiger partial charge on any atom is -0.454 e. The zero-order chi connectivity index (χ0) is 24.9. The Labute approximate surface area is 206 Å². The monoisotopic (exact) mass is 472 g/mol. The van der Waals surface area contributed by atoms with Crippen molar-refractivity contribution < 1.29 is 23.8 Å². The molecule has 0 amide bonds. The van der Waals surface area contributed by atoms with Crippen LogP contribution in [0.5, 0.6) is 0 Å². The van der Waals surface area contributed by atoms with E-state index in [0.717, 1.165) is 44.1 Å². The van der Waals surface area contributed by atoms with E-state index in [2.05, 4.69) is 40.7 Å². The lowest BCUT2D eigenvalue weighted by molar-refractivity contribution is -0.155. The van der Waals surface area contributed by atoms with Crippen molar-refractivity contribution >= 4 is 11.8 Å². The number of ether oxygens (including phenoxy) is 3. The molecule has 0 unspecified atom stereocenters. The van der Waals surface area contributed by atoms with Crippen LogP contribution in [0.1, 0.15) is 86.5 Å². The van der Waals surface area contributed by atoms with Crippen molar-refractivity contribution in [3.8, 4) is 0 Å². The topological polar surface area (TPSA) is 61.8 Å². The van der Waals surface area contributed by atoms with Gasteiger partial charge < -0.3 is 14.2 Å². The molecule has 5 heteroatoms. The number of fused-ring (bicyclic) bond motifs is 1. The van der Waals surface area contributed by atoms with Gasteiger partial charge in [0.05, 0.1) is 13.2 Å². The van der Waals surface area contributed by atoms with Crippen molar-refractivity contribution in [3.63, 3.8) is 0 Å². The van der Waals surface area contributed by atoms with Gasteiger partial charge in [-0.2, -0.15) is 0 Å². The van der Waals surface area contributed by atoms with E-state index in [9.17, 15) is 9.59 Å². The van der Waals surface area contributed by atoms with Crippen LogP contribution < -0.4 is 0 Å². The van der Waals surface area contributed by atoms with E-state index in [1.54, 1.807) is 6.08 Å². The maximum absolute atomic E-state index is 13.1. The Morgan fingerprint density at radius 2 is 1.94 bits per heavy atom. The number of carbonyl (C=O) groups is 2. The molecule has 1 heterocycles. The first-order valence-corrected chi connectivity index (χ1v) is 13.2. The van der Waals surface area contributed by atoms with Crippen molar-refractivity contribution in [3.05, 3.63) is 34.9 Å². The first-order chi connectivity index (χ1) is 16.2. The molecule has 0 bridgehead atoms. The lowest BCUT2D eigenvalue weighted by atomic mass is 9.56. The van der Waals surface area contributed by atoms with Crippen LogP contribution in [0.2, 0.25) is 0 Å². The summed E-state index contributed by atoms with van der Waals surface area (Å²) < 4.78 is 17.9. The quantitative estimate of drug-likeness (QED) is 0.223. The minimum atomic E-state index is -0.377. The van der Waals surface area contributed by atoms with Crippen LogP contribution in [-0.2, 0) is 23.8 Å². The van der Waals surface area contributed by atoms with E-state index in [1.807, 2.05) is 13.0 Å². The molecule has 0 aromatic carbocycles. The van der Waals surface area contributed by atoms with Gasteiger partial charge >= 0.3 is 5.97 Å². The largest absolute Gasteiger partial charge is 0.454 e. The van der Waals surface area contributed by atoms with E-state index < -0.39 is 0 Å². The molecule has 0 N–H and O–H groups in total. The SMILES string of the molecule is CCCC[C@@H](C)/C=C(\C)C(=O)O[C@@H]1CC[C@H](C2OCCO2)[C@@]2(C)C[C@@H](CC=C(C)C)C(=O)C=C12. The van der Waals surface area contributed by atoms with Crippen molar-refractivity contribution in [1.29, 1.82) is 0 Å². The van der Waals surface area contributed by atoms with Gasteiger partial charge in [0, 0.05) is 22.8 Å². The average molecular weight is 473 g/mol. The summed E-state index contributed by atoms with van der Waals surface area (Å²) >= 11 is 0. The van der Waals surface area contributed by atoms with Gasteiger partial charge in [-0.25, -0.2) is 4.79 Å². The highest BCUT2D eigenvalue weighted by atomic mass is 16.7. The number of unbranched alkanes of at least 4 members (excludes halogenated alkanes) is 1. The predicted molar refractivity (Wildman–Crippen MR) is 134 cm³/mol. The van der Waals surface area contributed by atoms with Crippen molar-refractivity contribution in [2.24, 2.45) is 23.2 Å². The number of rotatable bonds is 9. The summed E-state index contributed by atoms with van der Waals surface area (Å²) in [7, 11) is 0. The highest BCUT2D eigenvalue weighted by Gasteiger charge is 2.53. The second-order valence-corrected chi connectivity index (χ2v) is 11.0. The Morgan fingerprint density at radius 1 is 1.24 bits per heavy atom. The molecule has 1 saturated heterocycles. The summed E-state index contributed by atoms with van der Waals surface area (Å²) in [5.41, 5.74) is 2.51. The van der Waals surface area contributed by atoms with Gasteiger partial charge in [-0.3, -0.25) is 4.79 Å². The van der Waals surface area contributed by atoms with Gasteiger partial charge in [-0.15, -0.1) is 0 Å². The van der Waals surface area contributed by atoms with Gasteiger partial charge in [0.2, 0.25) is 0 Å². The first-order valence-electron chi connectivity index (χ1n) is 13.2. The molecular formula is C29H44O5. The van der Waals surface area contributed by atoms with Crippen LogP contribution in [0, 0.1) is 23.2 Å². The summed E-state index contributed by atoms with van der Waals surface area (Å²) in [5.74, 6) is 0.284. The van der Waals surface area contributed by atoms with Gasteiger partial charge in [-0.05, 0) is 70.4 Å². The van der Waals surface area contributed by atoms with E-state index >= 15 is 0 Å². The maximum atomic E-state index is 13.1. The summed E-state index contributed by atoms with van der Waals surface area (Å²) in [4.78, 5) is 26.1. The summed E-state index contributed by atoms with van der Waals surface area (Å²) in [6.07, 6.45) is 11.7. The van der Waals surface area contributed by atoms with Crippen molar-refractivity contribution in [2.75, 3.05) is 13.2 Å². The zero-order valence-electron chi connectivity index (χ0n) is 22.0. The molecule has 0 aromatic rings. The van der Waals surface area contributed by atoms with E-state index in [0.29, 0.717) is 31.1 Å². The molecule has 190 valence electrons. The standard InChI is InChI=1S/C29H44O5/c1-7-8-9-20(4)16-21(5)27(31)34-26-13-12-23(28-32-14-15-33-28)29(6)18-22(11-10-19(2)3)25(30)17-24(26)29/h10,16-17,20,22-23,26,28H,7-9,11-15,18H2,1-6H3/b21-16+/t20-,22-,23-,26-,29-/m1/s1. The summed E-state index contributed by atoms with van der Waals surface area (Å²) in [6, 6.07) is 0. The van der Waals surface area contributed by atoms with Crippen LogP contribution >= 0.6 is 0 Å². The third kappa shape index (κ3) is 6.28. The Balaban J connectivity index is 1.83. The van der Waals surface area contributed by atoms with Crippen LogP contribution in [0.3, 0.4) is 0 Å². The van der Waals surface area contributed by atoms with Crippen molar-refractivity contribution in [1.82, 2.24) is 0 Å². The lowest BCUT2D eigenvalue weighted by Crippen LogP contribution is -2.50. The average Bonchev–Trinajstić information content (AvgIpc) is 3.31. The molecule has 34 heavy (non-hydrogen) atoms. The number of ketones is 1. The first kappa shape index (κ1) is 26.9. The van der Waals surface area contributed by atoms with E-state index in [4.69, 9.17) is 14.2 Å². The maximum Gasteiger partial charge on any atom is 0.333 e. The van der Waals surface area contributed by atoms with Crippen LogP contribution in [0.15, 0.2) is 34.9 Å². The third-order valence-electron chi connectivity index (χ3n) is 7.84. The van der Waals surface area contributed by atoms with Gasteiger partial charge in [0.25, 0.3) is 0 Å². The molecular weight excluding hydrogens is 428 g/mol. The lowest BCUT2D eigenvalue weighted by Gasteiger charge is -2.51. The number of hydrogen-bond acceptors (Lipinski definition) is 5. The summed E-state index contributed by atoms with van der Waals surface area (Å²) in [5, 5.41) is 0. The molecule has 0 aromatic heterocycles. The number of allylic oxidation sites excluding steroid dienone is 4. The normalized spacial score (nSPS) is 31.0. The Kier molecular flexibility index (Phi) is 9.34. The highest BCUT2D eigenvalue weighted by molar-refractivity contribution is 5.94. The highest BCUT2D eigenvalue weighted by Crippen LogP contribution is 2.55. The molecule has 1 saturated carbocycles. The molecule has 2 fully saturated rings. The Bertz CT molecular complexity index is 827. The van der Waals surface area contributed by atoms with Gasteiger partial charge in [0.1, 0.15) is 6.10 Å². The summed E-state index contributed by atoms with van der Waals surface area (Å²) in [6.45, 7) is 13.7. The van der Waals surface area contributed by atoms with Crippen LogP contribution in [0.25, 0.3) is 0 Å². The molecule has 3 rings (SSSR count). The van der Waals surface area contributed by atoms with Gasteiger partial charge in [-0.1, -0.05) is 51.3 Å². The number of esters is 1. The van der Waals surface area contributed by atoms with E-state index in [1.165, 1.54) is 5.57 Å². The predicted octanol–water partition coefficient (Wildman–Crippen LogP) is 6.33. The molecule has 5 atom stereocenters. The third-order valence-corrected chi connectivity index (χ3v) is 7.84. The number of carbonyl (C=O) groups excluding carboxylic acids is 2. The minimum absolute atomic E-state index is 0.0666. The molecule has 5 nitrogen and oxygen atoms in total. The van der Waals surface area contributed by atoms with E-state index in [-0.39, 0.29) is 41.4 Å². The second kappa shape index (κ2) is 11.8. The van der Waals surface area contributed by atoms with Crippen LogP contribution in [-0.4, -0.2) is 37.4 Å². The van der Waals surface area contributed by atoms with Gasteiger partial charge in [0.15, 0.2) is 12.1 Å². The molecule has 3 aliphatic rings. The Hall–Kier alpha value is -1.72. The zero-order valence-corrected chi connectivity index (χ0v) is 22.0.